The Bertz CT molecular complexity index is 1590. The lowest BCUT2D eigenvalue weighted by atomic mass is 10.0. The topological polar surface area (TPSA) is 84.4 Å². The van der Waals surface area contributed by atoms with E-state index in [1.54, 1.807) is 0 Å². The SMILES string of the molecule is CCCCCCCCCCCCCCCCCCCCOC(=O)OCN1C(=O)CCc2ccc(OCCCCN3CCN(c4cccc5ccccc45)CC3)nc21. The van der Waals surface area contributed by atoms with Gasteiger partial charge in [-0.1, -0.05) is 152 Å². The maximum absolute atomic E-state index is 12.8. The van der Waals surface area contributed by atoms with Gasteiger partial charge in [-0.3, -0.25) is 14.6 Å². The molecule has 0 saturated carbocycles. The van der Waals surface area contributed by atoms with Crippen LogP contribution in [0.1, 0.15) is 147 Å². The van der Waals surface area contributed by atoms with E-state index in [-0.39, 0.29) is 12.6 Å². The summed E-state index contributed by atoms with van der Waals surface area (Å²) < 4.78 is 16.7. The van der Waals surface area contributed by atoms with Gasteiger partial charge in [0.25, 0.3) is 0 Å². The minimum Gasteiger partial charge on any atom is -0.478 e. The number of pyridine rings is 1. The van der Waals surface area contributed by atoms with Crippen molar-refractivity contribution < 1.29 is 23.8 Å². The number of carbonyl (C=O) groups excluding carboxylic acids is 2. The summed E-state index contributed by atoms with van der Waals surface area (Å²) in [6.07, 6.45) is 25.8. The smallest absolute Gasteiger partial charge is 0.478 e. The molecule has 1 aromatic heterocycles. The molecule has 0 bridgehead atoms. The molecule has 0 unspecified atom stereocenters. The number of aromatic nitrogens is 1. The third-order valence-electron chi connectivity index (χ3n) is 11.7. The molecular formula is C48H72N4O5. The molecule has 2 aliphatic heterocycles. The van der Waals surface area contributed by atoms with Crippen molar-refractivity contribution in [2.24, 2.45) is 0 Å². The van der Waals surface area contributed by atoms with E-state index in [0.29, 0.717) is 37.8 Å². The van der Waals surface area contributed by atoms with Gasteiger partial charge in [0.15, 0.2) is 6.73 Å². The number of aryl methyl sites for hydroxylation is 1. The number of hydrogen-bond donors (Lipinski definition) is 0. The molecule has 0 spiro atoms. The fraction of sp³-hybridized carbons (Fsp3) is 0.646. The second-order valence-electron chi connectivity index (χ2n) is 16.2. The molecule has 0 aliphatic carbocycles. The van der Waals surface area contributed by atoms with Crippen LogP contribution >= 0.6 is 0 Å². The van der Waals surface area contributed by atoms with Gasteiger partial charge in [-0.15, -0.1) is 0 Å². The second kappa shape index (κ2) is 26.2. The lowest BCUT2D eigenvalue weighted by Gasteiger charge is -2.36. The quantitative estimate of drug-likeness (QED) is 0.0532. The van der Waals surface area contributed by atoms with E-state index < -0.39 is 6.16 Å². The van der Waals surface area contributed by atoms with Crippen LogP contribution in [-0.4, -0.2) is 74.6 Å². The molecule has 57 heavy (non-hydrogen) atoms. The first kappa shape index (κ1) is 44.3. The van der Waals surface area contributed by atoms with E-state index in [0.717, 1.165) is 70.4 Å². The maximum Gasteiger partial charge on any atom is 0.510 e. The summed E-state index contributed by atoms with van der Waals surface area (Å²) in [6, 6.07) is 19.0. The standard InChI is InChI=1S/C48H72N4O5/c1-2-3-4-5-6-7-8-9-10-11-12-13-14-15-16-17-18-22-39-56-48(54)57-40-52-46(53)32-30-42-29-31-45(49-47(42)52)55-38-23-21-33-50-34-36-51(37-35-50)44-28-24-26-41-25-19-20-27-43(41)44/h19-20,24-29,31H,2-18,21-23,30,32-40H2,1H3. The van der Waals surface area contributed by atoms with Crippen molar-refractivity contribution in [2.75, 3.05) is 62.5 Å². The molecule has 9 nitrogen and oxygen atoms in total. The van der Waals surface area contributed by atoms with Crippen LogP contribution in [0, 0.1) is 0 Å². The third-order valence-corrected chi connectivity index (χ3v) is 11.7. The van der Waals surface area contributed by atoms with E-state index in [1.165, 1.54) is 118 Å². The van der Waals surface area contributed by atoms with Crippen LogP contribution in [0.15, 0.2) is 54.6 Å². The summed E-state index contributed by atoms with van der Waals surface area (Å²) in [4.78, 5) is 36.3. The molecule has 2 aliphatic rings. The molecule has 2 aromatic carbocycles. The highest BCUT2D eigenvalue weighted by Crippen LogP contribution is 2.29. The molecule has 0 N–H and O–H groups in total. The van der Waals surface area contributed by atoms with Crippen LogP contribution in [0.3, 0.4) is 0 Å². The van der Waals surface area contributed by atoms with Crippen molar-refractivity contribution in [3.63, 3.8) is 0 Å². The predicted molar refractivity (Wildman–Crippen MR) is 233 cm³/mol. The molecule has 3 heterocycles. The molecule has 0 atom stereocenters. The Morgan fingerprint density at radius 3 is 1.93 bits per heavy atom. The number of amides is 1. The van der Waals surface area contributed by atoms with E-state index in [1.807, 2.05) is 12.1 Å². The highest BCUT2D eigenvalue weighted by atomic mass is 16.7. The summed E-state index contributed by atoms with van der Waals surface area (Å²) in [5.74, 6) is 0.863. The first-order valence-electron chi connectivity index (χ1n) is 22.8. The van der Waals surface area contributed by atoms with E-state index in [4.69, 9.17) is 14.2 Å². The molecular weight excluding hydrogens is 713 g/mol. The molecule has 0 radical (unpaired) electrons. The van der Waals surface area contributed by atoms with Gasteiger partial charge in [-0.2, -0.15) is 4.98 Å². The van der Waals surface area contributed by atoms with Gasteiger partial charge >= 0.3 is 6.16 Å². The number of ether oxygens (including phenoxy) is 3. The van der Waals surface area contributed by atoms with Crippen molar-refractivity contribution in [1.82, 2.24) is 9.88 Å². The molecule has 5 rings (SSSR count). The highest BCUT2D eigenvalue weighted by Gasteiger charge is 2.27. The summed E-state index contributed by atoms with van der Waals surface area (Å²) in [5, 5.41) is 2.62. The Kier molecular flexibility index (Phi) is 20.4. The average molecular weight is 785 g/mol. The number of carbonyl (C=O) groups is 2. The summed E-state index contributed by atoms with van der Waals surface area (Å²) >= 11 is 0. The maximum atomic E-state index is 12.8. The molecule has 9 heteroatoms. The van der Waals surface area contributed by atoms with Crippen LogP contribution in [0.4, 0.5) is 16.3 Å². The minimum absolute atomic E-state index is 0.121. The first-order valence-corrected chi connectivity index (χ1v) is 22.8. The predicted octanol–water partition coefficient (Wildman–Crippen LogP) is 11.6. The van der Waals surface area contributed by atoms with E-state index >= 15 is 0 Å². The monoisotopic (exact) mass is 785 g/mol. The van der Waals surface area contributed by atoms with Gasteiger partial charge in [-0.05, 0) is 55.3 Å². The molecule has 3 aromatic rings. The van der Waals surface area contributed by atoms with Crippen LogP contribution in [0.5, 0.6) is 5.88 Å². The summed E-state index contributed by atoms with van der Waals surface area (Å²) in [5.41, 5.74) is 2.27. The van der Waals surface area contributed by atoms with Crippen LogP contribution < -0.4 is 14.5 Å². The molecule has 1 amide bonds. The van der Waals surface area contributed by atoms with Crippen molar-refractivity contribution in [2.45, 2.75) is 148 Å². The Balaban J connectivity index is 0.869. The number of hydrogen-bond acceptors (Lipinski definition) is 8. The Morgan fingerprint density at radius 1 is 0.632 bits per heavy atom. The fourth-order valence-electron chi connectivity index (χ4n) is 8.23. The number of unbranched alkanes of at least 4 members (excludes halogenated alkanes) is 18. The van der Waals surface area contributed by atoms with Gasteiger partial charge in [0.05, 0.1) is 13.2 Å². The normalized spacial score (nSPS) is 14.6. The number of piperazine rings is 1. The molecule has 1 fully saturated rings. The third kappa shape index (κ3) is 15.8. The van der Waals surface area contributed by atoms with Crippen LogP contribution in [0.2, 0.25) is 0 Å². The Morgan fingerprint density at radius 2 is 1.25 bits per heavy atom. The van der Waals surface area contributed by atoms with Crippen LogP contribution in [-0.2, 0) is 20.7 Å². The molecule has 1 saturated heterocycles. The largest absolute Gasteiger partial charge is 0.510 e. The van der Waals surface area contributed by atoms with Crippen LogP contribution in [0.25, 0.3) is 10.8 Å². The summed E-state index contributed by atoms with van der Waals surface area (Å²) in [6.45, 7) is 8.15. The Hall–Kier alpha value is -3.85. The zero-order valence-corrected chi connectivity index (χ0v) is 35.2. The van der Waals surface area contributed by atoms with E-state index in [9.17, 15) is 9.59 Å². The van der Waals surface area contributed by atoms with Gasteiger partial charge in [-0.25, -0.2) is 4.79 Å². The van der Waals surface area contributed by atoms with Crippen molar-refractivity contribution in [3.05, 3.63) is 60.2 Å². The lowest BCUT2D eigenvalue weighted by Crippen LogP contribution is -2.46. The number of anilines is 2. The number of rotatable bonds is 28. The zero-order chi connectivity index (χ0) is 39.8. The lowest BCUT2D eigenvalue weighted by molar-refractivity contribution is -0.119. The van der Waals surface area contributed by atoms with Crippen molar-refractivity contribution >= 4 is 34.3 Å². The van der Waals surface area contributed by atoms with Crippen molar-refractivity contribution in [3.8, 4) is 5.88 Å². The number of benzene rings is 2. The van der Waals surface area contributed by atoms with Gasteiger partial charge in [0.1, 0.15) is 5.82 Å². The number of fused-ring (bicyclic) bond motifs is 2. The van der Waals surface area contributed by atoms with Gasteiger partial charge < -0.3 is 19.1 Å². The second-order valence-corrected chi connectivity index (χ2v) is 16.2. The molecule has 314 valence electrons. The first-order chi connectivity index (χ1) is 28.1. The zero-order valence-electron chi connectivity index (χ0n) is 35.2. The average Bonchev–Trinajstić information content (AvgIpc) is 3.24. The minimum atomic E-state index is -0.746. The number of nitrogens with zero attached hydrogens (tertiary/aromatic N) is 4. The highest BCUT2D eigenvalue weighted by molar-refractivity contribution is 5.95. The van der Waals surface area contributed by atoms with Gasteiger partial charge in [0, 0.05) is 49.7 Å². The Labute approximate surface area is 343 Å². The fourth-order valence-corrected chi connectivity index (χ4v) is 8.23. The van der Waals surface area contributed by atoms with E-state index in [2.05, 4.69) is 64.2 Å². The van der Waals surface area contributed by atoms with Crippen molar-refractivity contribution in [1.29, 1.82) is 0 Å². The summed E-state index contributed by atoms with van der Waals surface area (Å²) in [7, 11) is 0. The van der Waals surface area contributed by atoms with Gasteiger partial charge in [0.2, 0.25) is 11.8 Å².